The standard InChI is InChI=1S/C27H28O11/c1-8-13(2)27(31)38-26-22-18(21(36-15(4)29)24(33-6)25(26)34-7)19(30)23(32-5)20(37-22)16-9-11-17(12-10-16)35-14(3)28/h9-13H,8H2,1-7H3. The van der Waals surface area contributed by atoms with Gasteiger partial charge in [-0.2, -0.15) is 0 Å². The van der Waals surface area contributed by atoms with Gasteiger partial charge >= 0.3 is 17.9 Å². The van der Waals surface area contributed by atoms with E-state index in [1.165, 1.54) is 40.4 Å². The van der Waals surface area contributed by atoms with Crippen molar-refractivity contribution < 1.29 is 47.2 Å². The van der Waals surface area contributed by atoms with Crippen molar-refractivity contribution in [2.24, 2.45) is 5.92 Å². The van der Waals surface area contributed by atoms with Gasteiger partial charge in [0.2, 0.25) is 28.4 Å². The lowest BCUT2D eigenvalue weighted by atomic mass is 10.1. The molecule has 0 saturated carbocycles. The molecule has 11 nitrogen and oxygen atoms in total. The predicted octanol–water partition coefficient (Wildman–Crippen LogP) is 4.29. The first-order valence-electron chi connectivity index (χ1n) is 11.6. The molecule has 3 aromatic rings. The van der Waals surface area contributed by atoms with Gasteiger partial charge < -0.3 is 32.8 Å². The van der Waals surface area contributed by atoms with Crippen molar-refractivity contribution >= 4 is 28.9 Å². The quantitative estimate of drug-likeness (QED) is 0.290. The smallest absolute Gasteiger partial charge is 0.314 e. The minimum atomic E-state index is -0.750. The van der Waals surface area contributed by atoms with Crippen molar-refractivity contribution in [1.82, 2.24) is 0 Å². The highest BCUT2D eigenvalue weighted by atomic mass is 16.6. The number of ether oxygens (including phenoxy) is 6. The van der Waals surface area contributed by atoms with Crippen molar-refractivity contribution in [2.75, 3.05) is 21.3 Å². The molecule has 0 saturated heterocycles. The largest absolute Gasteiger partial charge is 0.490 e. The van der Waals surface area contributed by atoms with Crippen LogP contribution in [0.1, 0.15) is 34.1 Å². The number of hydrogen-bond donors (Lipinski definition) is 0. The zero-order chi connectivity index (χ0) is 28.1. The van der Waals surface area contributed by atoms with Gasteiger partial charge in [-0.3, -0.25) is 19.2 Å². The second-order valence-electron chi connectivity index (χ2n) is 8.16. The maximum atomic E-state index is 13.8. The van der Waals surface area contributed by atoms with Gasteiger partial charge in [0.1, 0.15) is 11.1 Å². The Kier molecular flexibility index (Phi) is 8.61. The molecule has 0 N–H and O–H groups in total. The van der Waals surface area contributed by atoms with Crippen LogP contribution in [0.25, 0.3) is 22.3 Å². The van der Waals surface area contributed by atoms with Crippen LogP contribution in [0.4, 0.5) is 0 Å². The summed E-state index contributed by atoms with van der Waals surface area (Å²) in [4.78, 5) is 49.8. The summed E-state index contributed by atoms with van der Waals surface area (Å²) in [6.07, 6.45) is 0.486. The average molecular weight is 529 g/mol. The second-order valence-corrected chi connectivity index (χ2v) is 8.16. The van der Waals surface area contributed by atoms with E-state index in [0.29, 0.717) is 12.0 Å². The molecule has 2 aromatic carbocycles. The Morgan fingerprint density at radius 2 is 1.34 bits per heavy atom. The lowest BCUT2D eigenvalue weighted by Gasteiger charge is -2.20. The summed E-state index contributed by atoms with van der Waals surface area (Å²) in [5.74, 6) is -3.15. The number of carbonyl (C=O) groups is 3. The molecule has 0 radical (unpaired) electrons. The zero-order valence-electron chi connectivity index (χ0n) is 22.1. The van der Waals surface area contributed by atoms with Gasteiger partial charge in [0.15, 0.2) is 17.1 Å². The summed E-state index contributed by atoms with van der Waals surface area (Å²) in [5, 5.41) is -0.262. The number of rotatable bonds is 9. The van der Waals surface area contributed by atoms with Gasteiger partial charge in [0.05, 0.1) is 27.2 Å². The highest BCUT2D eigenvalue weighted by Crippen LogP contribution is 2.52. The van der Waals surface area contributed by atoms with E-state index < -0.39 is 29.3 Å². The van der Waals surface area contributed by atoms with Crippen LogP contribution in [0.2, 0.25) is 0 Å². The maximum absolute atomic E-state index is 13.8. The zero-order valence-corrected chi connectivity index (χ0v) is 22.1. The van der Waals surface area contributed by atoms with E-state index in [4.69, 9.17) is 32.8 Å². The number of carbonyl (C=O) groups excluding carboxylic acids is 3. The van der Waals surface area contributed by atoms with E-state index >= 15 is 0 Å². The molecule has 202 valence electrons. The van der Waals surface area contributed by atoms with Gasteiger partial charge in [-0.25, -0.2) is 0 Å². The Bertz CT molecular complexity index is 1430. The summed E-state index contributed by atoms with van der Waals surface area (Å²) >= 11 is 0. The Balaban J connectivity index is 2.46. The minimum Gasteiger partial charge on any atom is -0.490 e. The summed E-state index contributed by atoms with van der Waals surface area (Å²) in [5.41, 5.74) is -0.592. The van der Waals surface area contributed by atoms with Crippen LogP contribution >= 0.6 is 0 Å². The van der Waals surface area contributed by atoms with E-state index in [1.807, 2.05) is 6.92 Å². The fraction of sp³-hybridized carbons (Fsp3) is 0.333. The van der Waals surface area contributed by atoms with Crippen molar-refractivity contribution in [2.45, 2.75) is 34.1 Å². The molecule has 1 heterocycles. The third-order valence-electron chi connectivity index (χ3n) is 5.58. The van der Waals surface area contributed by atoms with E-state index in [0.717, 1.165) is 6.92 Å². The highest BCUT2D eigenvalue weighted by molar-refractivity contribution is 5.99. The van der Waals surface area contributed by atoms with Crippen molar-refractivity contribution in [3.05, 3.63) is 34.5 Å². The number of benzene rings is 2. The molecular weight excluding hydrogens is 500 g/mol. The maximum Gasteiger partial charge on any atom is 0.314 e. The van der Waals surface area contributed by atoms with Crippen LogP contribution in [0.15, 0.2) is 33.5 Å². The third-order valence-corrected chi connectivity index (χ3v) is 5.58. The molecule has 0 aliphatic carbocycles. The molecule has 0 amide bonds. The summed E-state index contributed by atoms with van der Waals surface area (Å²) in [7, 11) is 3.83. The van der Waals surface area contributed by atoms with E-state index in [9.17, 15) is 19.2 Å². The van der Waals surface area contributed by atoms with Crippen LogP contribution in [0, 0.1) is 5.92 Å². The monoisotopic (exact) mass is 528 g/mol. The molecule has 1 aromatic heterocycles. The number of fused-ring (bicyclic) bond motifs is 1. The van der Waals surface area contributed by atoms with Crippen LogP contribution < -0.4 is 33.8 Å². The normalized spacial score (nSPS) is 11.4. The Hall–Kier alpha value is -4.54. The average Bonchev–Trinajstić information content (AvgIpc) is 2.88. The van der Waals surface area contributed by atoms with Gasteiger partial charge in [0, 0.05) is 19.4 Å². The lowest BCUT2D eigenvalue weighted by molar-refractivity contribution is -0.138. The summed E-state index contributed by atoms with van der Waals surface area (Å²) < 4.78 is 38.5. The summed E-state index contributed by atoms with van der Waals surface area (Å²) in [6, 6.07) is 6.10. The first kappa shape index (κ1) is 28.0. The lowest BCUT2D eigenvalue weighted by Crippen LogP contribution is -2.19. The second kappa shape index (κ2) is 11.7. The van der Waals surface area contributed by atoms with Crippen LogP contribution in [-0.2, 0) is 14.4 Å². The molecule has 3 rings (SSSR count). The molecule has 1 unspecified atom stereocenters. The molecule has 38 heavy (non-hydrogen) atoms. The Morgan fingerprint density at radius 3 is 1.84 bits per heavy atom. The molecule has 0 spiro atoms. The van der Waals surface area contributed by atoms with Crippen molar-refractivity contribution in [3.63, 3.8) is 0 Å². The Morgan fingerprint density at radius 1 is 0.789 bits per heavy atom. The fourth-order valence-electron chi connectivity index (χ4n) is 3.60. The SMILES string of the molecule is CCC(C)C(=O)Oc1c(OC)c(OC)c(OC(C)=O)c2c(=O)c(OC)c(-c3ccc(OC(C)=O)cc3)oc12. The van der Waals surface area contributed by atoms with E-state index in [-0.39, 0.29) is 51.2 Å². The van der Waals surface area contributed by atoms with Gasteiger partial charge in [-0.15, -0.1) is 0 Å². The highest BCUT2D eigenvalue weighted by Gasteiger charge is 2.33. The van der Waals surface area contributed by atoms with Crippen molar-refractivity contribution in [1.29, 1.82) is 0 Å². The van der Waals surface area contributed by atoms with E-state index in [1.54, 1.807) is 19.1 Å². The summed E-state index contributed by atoms with van der Waals surface area (Å²) in [6.45, 7) is 5.90. The van der Waals surface area contributed by atoms with Crippen LogP contribution in [-0.4, -0.2) is 39.2 Å². The fourth-order valence-corrected chi connectivity index (χ4v) is 3.60. The molecular formula is C27H28O11. The number of hydrogen-bond acceptors (Lipinski definition) is 11. The van der Waals surface area contributed by atoms with E-state index in [2.05, 4.69) is 0 Å². The third kappa shape index (κ3) is 5.41. The van der Waals surface area contributed by atoms with Gasteiger partial charge in [0.25, 0.3) is 0 Å². The topological polar surface area (TPSA) is 137 Å². The van der Waals surface area contributed by atoms with Crippen LogP contribution in [0.5, 0.6) is 34.5 Å². The minimum absolute atomic E-state index is 0.0267. The molecule has 0 fully saturated rings. The molecule has 1 atom stereocenters. The molecule has 0 aliphatic heterocycles. The first-order chi connectivity index (χ1) is 18.1. The molecule has 11 heteroatoms. The van der Waals surface area contributed by atoms with Crippen molar-refractivity contribution in [3.8, 4) is 45.8 Å². The van der Waals surface area contributed by atoms with Gasteiger partial charge in [-0.1, -0.05) is 13.8 Å². The number of esters is 3. The Labute approximate surface area is 218 Å². The van der Waals surface area contributed by atoms with Gasteiger partial charge in [-0.05, 0) is 30.7 Å². The molecule has 0 bridgehead atoms. The molecule has 0 aliphatic rings. The predicted molar refractivity (Wildman–Crippen MR) is 135 cm³/mol. The first-order valence-corrected chi connectivity index (χ1v) is 11.6. The number of methoxy groups -OCH3 is 3. The van der Waals surface area contributed by atoms with Crippen LogP contribution in [0.3, 0.4) is 0 Å².